The van der Waals surface area contributed by atoms with Gasteiger partial charge in [-0.25, -0.2) is 0 Å². The van der Waals surface area contributed by atoms with Crippen LogP contribution in [-0.2, 0) is 0 Å². The van der Waals surface area contributed by atoms with Gasteiger partial charge in [0.15, 0.2) is 0 Å². The molecule has 1 rings (SSSR count). The maximum absolute atomic E-state index is 3.31. The first-order valence-electron chi connectivity index (χ1n) is 6.50. The Bertz CT molecular complexity index is 177. The Hall–Kier alpha value is -0.0800. The van der Waals surface area contributed by atoms with E-state index < -0.39 is 0 Å². The monoisotopic (exact) mass is 212 g/mol. The first-order valence-corrected chi connectivity index (χ1v) is 6.50. The molecule has 1 heterocycles. The van der Waals surface area contributed by atoms with Crippen molar-refractivity contribution < 1.29 is 0 Å². The second-order valence-electron chi connectivity index (χ2n) is 5.59. The van der Waals surface area contributed by atoms with Crippen LogP contribution in [0.3, 0.4) is 0 Å². The van der Waals surface area contributed by atoms with Crippen LogP contribution >= 0.6 is 0 Å². The van der Waals surface area contributed by atoms with Crippen LogP contribution in [0.4, 0.5) is 0 Å². The minimum absolute atomic E-state index is 0.426. The summed E-state index contributed by atoms with van der Waals surface area (Å²) in [6, 6.07) is 0. The molecule has 0 aliphatic carbocycles. The fourth-order valence-electron chi connectivity index (χ4n) is 2.83. The van der Waals surface area contributed by atoms with E-state index in [2.05, 4.69) is 38.0 Å². The highest BCUT2D eigenvalue weighted by Crippen LogP contribution is 2.32. The highest BCUT2D eigenvalue weighted by Gasteiger charge is 2.37. The normalized spacial score (nSPS) is 26.0. The van der Waals surface area contributed by atoms with Gasteiger partial charge in [-0.05, 0) is 52.7 Å². The quantitative estimate of drug-likeness (QED) is 0.681. The van der Waals surface area contributed by atoms with Gasteiger partial charge in [0.2, 0.25) is 0 Å². The topological polar surface area (TPSA) is 15.3 Å². The average molecular weight is 212 g/mol. The minimum Gasteiger partial charge on any atom is -0.319 e. The lowest BCUT2D eigenvalue weighted by Crippen LogP contribution is -2.38. The van der Waals surface area contributed by atoms with Gasteiger partial charge in [0.05, 0.1) is 0 Å². The second kappa shape index (κ2) is 5.86. The summed E-state index contributed by atoms with van der Waals surface area (Å²) in [5.41, 5.74) is 0.426. The van der Waals surface area contributed by atoms with Crippen LogP contribution in [0.15, 0.2) is 0 Å². The largest absolute Gasteiger partial charge is 0.319 e. The van der Waals surface area contributed by atoms with Crippen molar-refractivity contribution in [2.75, 3.05) is 26.7 Å². The molecule has 0 spiro atoms. The summed E-state index contributed by atoms with van der Waals surface area (Å²) in [6.07, 6.45) is 5.42. The van der Waals surface area contributed by atoms with Crippen molar-refractivity contribution in [3.63, 3.8) is 0 Å². The Labute approximate surface area is 95.4 Å². The molecule has 1 unspecified atom stereocenters. The molecule has 1 N–H and O–H groups in total. The van der Waals surface area contributed by atoms with Gasteiger partial charge in [0, 0.05) is 12.1 Å². The van der Waals surface area contributed by atoms with Crippen LogP contribution in [0.5, 0.6) is 0 Å². The summed E-state index contributed by atoms with van der Waals surface area (Å²) in [5.74, 6) is 0.853. The van der Waals surface area contributed by atoms with Crippen molar-refractivity contribution >= 4 is 0 Å². The Morgan fingerprint density at radius 3 is 2.67 bits per heavy atom. The van der Waals surface area contributed by atoms with Crippen molar-refractivity contribution in [3.8, 4) is 0 Å². The van der Waals surface area contributed by atoms with Crippen molar-refractivity contribution in [2.24, 2.45) is 5.92 Å². The SMILES string of the molecule is CCCCCN1CC(CNC)CC1(C)C. The van der Waals surface area contributed by atoms with E-state index in [1.807, 2.05) is 0 Å². The third-order valence-corrected chi connectivity index (χ3v) is 3.65. The lowest BCUT2D eigenvalue weighted by molar-refractivity contribution is 0.171. The van der Waals surface area contributed by atoms with E-state index >= 15 is 0 Å². The zero-order valence-corrected chi connectivity index (χ0v) is 11.0. The number of unbranched alkanes of at least 4 members (excludes halogenated alkanes) is 2. The highest BCUT2D eigenvalue weighted by molar-refractivity contribution is 4.93. The van der Waals surface area contributed by atoms with Crippen LogP contribution in [-0.4, -0.2) is 37.1 Å². The predicted octanol–water partition coefficient (Wildman–Crippen LogP) is 2.50. The zero-order valence-electron chi connectivity index (χ0n) is 11.0. The average Bonchev–Trinajstić information content (AvgIpc) is 2.42. The van der Waals surface area contributed by atoms with Crippen LogP contribution in [0.1, 0.15) is 46.5 Å². The molecule has 0 aromatic carbocycles. The number of nitrogens with one attached hydrogen (secondary N) is 1. The van der Waals surface area contributed by atoms with Gasteiger partial charge < -0.3 is 5.32 Å². The summed E-state index contributed by atoms with van der Waals surface area (Å²) < 4.78 is 0. The van der Waals surface area contributed by atoms with Gasteiger partial charge >= 0.3 is 0 Å². The fraction of sp³-hybridized carbons (Fsp3) is 1.00. The van der Waals surface area contributed by atoms with Crippen LogP contribution in [0.2, 0.25) is 0 Å². The summed E-state index contributed by atoms with van der Waals surface area (Å²) >= 11 is 0. The third-order valence-electron chi connectivity index (χ3n) is 3.65. The maximum atomic E-state index is 3.31. The summed E-state index contributed by atoms with van der Waals surface area (Å²) in [4.78, 5) is 2.69. The lowest BCUT2D eigenvalue weighted by atomic mass is 9.96. The molecule has 0 radical (unpaired) electrons. The van der Waals surface area contributed by atoms with Crippen molar-refractivity contribution in [1.82, 2.24) is 10.2 Å². The minimum atomic E-state index is 0.426. The van der Waals surface area contributed by atoms with E-state index in [4.69, 9.17) is 0 Å². The fourth-order valence-corrected chi connectivity index (χ4v) is 2.83. The van der Waals surface area contributed by atoms with Gasteiger partial charge in [0.25, 0.3) is 0 Å². The van der Waals surface area contributed by atoms with Crippen molar-refractivity contribution in [3.05, 3.63) is 0 Å². The van der Waals surface area contributed by atoms with Gasteiger partial charge in [-0.15, -0.1) is 0 Å². The third kappa shape index (κ3) is 3.76. The van der Waals surface area contributed by atoms with Crippen LogP contribution in [0, 0.1) is 5.92 Å². The van der Waals surface area contributed by atoms with Gasteiger partial charge in [-0.2, -0.15) is 0 Å². The second-order valence-corrected chi connectivity index (χ2v) is 5.59. The first kappa shape index (κ1) is 13.0. The smallest absolute Gasteiger partial charge is 0.0156 e. The Morgan fingerprint density at radius 1 is 1.33 bits per heavy atom. The molecule has 0 aromatic heterocycles. The number of nitrogens with zero attached hydrogens (tertiary/aromatic N) is 1. The number of rotatable bonds is 6. The zero-order chi connectivity index (χ0) is 11.3. The van der Waals surface area contributed by atoms with Crippen molar-refractivity contribution in [2.45, 2.75) is 52.0 Å². The molecule has 15 heavy (non-hydrogen) atoms. The Morgan fingerprint density at radius 2 is 2.07 bits per heavy atom. The molecular formula is C13H28N2. The molecule has 0 saturated carbocycles. The van der Waals surface area contributed by atoms with E-state index in [1.165, 1.54) is 45.3 Å². The van der Waals surface area contributed by atoms with E-state index in [9.17, 15) is 0 Å². The van der Waals surface area contributed by atoms with Gasteiger partial charge in [-0.3, -0.25) is 4.90 Å². The van der Waals surface area contributed by atoms with E-state index in [0.29, 0.717) is 5.54 Å². The van der Waals surface area contributed by atoms with Crippen LogP contribution < -0.4 is 5.32 Å². The molecule has 2 heteroatoms. The van der Waals surface area contributed by atoms with Gasteiger partial charge in [0.1, 0.15) is 0 Å². The van der Waals surface area contributed by atoms with Crippen LogP contribution in [0.25, 0.3) is 0 Å². The lowest BCUT2D eigenvalue weighted by Gasteiger charge is -2.31. The predicted molar refractivity (Wildman–Crippen MR) is 67.2 cm³/mol. The number of hydrogen-bond acceptors (Lipinski definition) is 2. The van der Waals surface area contributed by atoms with Crippen molar-refractivity contribution in [1.29, 1.82) is 0 Å². The van der Waals surface area contributed by atoms with E-state index in [1.54, 1.807) is 0 Å². The molecule has 1 fully saturated rings. The number of hydrogen-bond donors (Lipinski definition) is 1. The highest BCUT2D eigenvalue weighted by atomic mass is 15.2. The van der Waals surface area contributed by atoms with Gasteiger partial charge in [-0.1, -0.05) is 19.8 Å². The maximum Gasteiger partial charge on any atom is 0.0156 e. The number of likely N-dealkylation sites (tertiary alicyclic amines) is 1. The summed E-state index contributed by atoms with van der Waals surface area (Å²) in [7, 11) is 2.06. The summed E-state index contributed by atoms with van der Waals surface area (Å²) in [6.45, 7) is 10.8. The molecule has 0 amide bonds. The standard InChI is InChI=1S/C13H28N2/c1-5-6-7-8-15-11-12(10-14-4)9-13(15,2)3/h12,14H,5-11H2,1-4H3. The molecule has 2 nitrogen and oxygen atoms in total. The molecule has 90 valence electrons. The summed E-state index contributed by atoms with van der Waals surface area (Å²) in [5, 5.41) is 3.31. The van der Waals surface area contributed by atoms with E-state index in [0.717, 1.165) is 5.92 Å². The molecule has 1 aliphatic heterocycles. The molecular weight excluding hydrogens is 184 g/mol. The molecule has 0 bridgehead atoms. The van der Waals surface area contributed by atoms with E-state index in [-0.39, 0.29) is 0 Å². The Kier molecular flexibility index (Phi) is 5.07. The molecule has 1 atom stereocenters. The molecule has 1 aliphatic rings. The first-order chi connectivity index (χ1) is 7.10. The molecule has 0 aromatic rings. The molecule has 1 saturated heterocycles. The Balaban J connectivity index is 2.36.